The number of imide groups is 1. The van der Waals surface area contributed by atoms with Gasteiger partial charge in [0.1, 0.15) is 0 Å². The van der Waals surface area contributed by atoms with Gasteiger partial charge in [0.15, 0.2) is 6.61 Å². The number of nitrogens with zero attached hydrogens (tertiary/aromatic N) is 1. The second kappa shape index (κ2) is 7.19. The maximum absolute atomic E-state index is 12.1. The lowest BCUT2D eigenvalue weighted by Gasteiger charge is -2.23. The van der Waals surface area contributed by atoms with Crippen molar-refractivity contribution in [2.24, 2.45) is 5.92 Å². The molecule has 1 atom stereocenters. The maximum Gasteiger partial charge on any atom is 0.321 e. The van der Waals surface area contributed by atoms with Crippen molar-refractivity contribution < 1.29 is 23.9 Å². The average Bonchev–Trinajstić information content (AvgIpc) is 3.03. The number of ether oxygens (including phenoxy) is 1. The van der Waals surface area contributed by atoms with Crippen molar-refractivity contribution in [1.29, 1.82) is 0 Å². The van der Waals surface area contributed by atoms with Crippen LogP contribution in [0.2, 0.25) is 0 Å². The van der Waals surface area contributed by atoms with E-state index in [1.165, 1.54) is 0 Å². The third kappa shape index (κ3) is 4.24. The molecular weight excluding hydrogens is 314 g/mol. The van der Waals surface area contributed by atoms with Crippen LogP contribution in [0.3, 0.4) is 0 Å². The Morgan fingerprint density at radius 2 is 1.83 bits per heavy atom. The van der Waals surface area contributed by atoms with Crippen LogP contribution in [0.4, 0.5) is 4.79 Å². The standard InChI is InChI=1S/C16H23N3O5/c20-13(18-16(23)17-11-5-6-11)9-24-15(22)10-7-14(21)19(8-10)12-3-1-2-4-12/h10-12H,1-9H2,(H2,17,18,20,23)/t10-/m0/s1. The molecule has 2 N–H and O–H groups in total. The number of rotatable bonds is 5. The molecule has 8 heteroatoms. The fraction of sp³-hybridized carbons (Fsp3) is 0.750. The van der Waals surface area contributed by atoms with Crippen molar-refractivity contribution in [3.63, 3.8) is 0 Å². The van der Waals surface area contributed by atoms with Gasteiger partial charge < -0.3 is 15.0 Å². The lowest BCUT2D eigenvalue weighted by atomic mass is 10.1. The third-order valence-electron chi connectivity index (χ3n) is 4.77. The van der Waals surface area contributed by atoms with Crippen LogP contribution in [-0.4, -0.2) is 54.0 Å². The van der Waals surface area contributed by atoms with Gasteiger partial charge >= 0.3 is 12.0 Å². The highest BCUT2D eigenvalue weighted by Crippen LogP contribution is 2.29. The fourth-order valence-corrected chi connectivity index (χ4v) is 3.32. The monoisotopic (exact) mass is 337 g/mol. The molecule has 1 heterocycles. The molecule has 0 unspecified atom stereocenters. The van der Waals surface area contributed by atoms with Crippen molar-refractivity contribution in [3.8, 4) is 0 Å². The predicted molar refractivity (Wildman–Crippen MR) is 82.7 cm³/mol. The quantitative estimate of drug-likeness (QED) is 0.703. The van der Waals surface area contributed by atoms with Gasteiger partial charge in [0.25, 0.3) is 5.91 Å². The molecule has 4 amide bonds. The van der Waals surface area contributed by atoms with Gasteiger partial charge in [-0.25, -0.2) is 4.79 Å². The van der Waals surface area contributed by atoms with Crippen LogP contribution in [0.1, 0.15) is 44.9 Å². The van der Waals surface area contributed by atoms with Gasteiger partial charge in [0.2, 0.25) is 5.91 Å². The Balaban J connectivity index is 1.39. The van der Waals surface area contributed by atoms with Gasteiger partial charge in [-0.05, 0) is 25.7 Å². The van der Waals surface area contributed by atoms with Gasteiger partial charge in [0.05, 0.1) is 5.92 Å². The van der Waals surface area contributed by atoms with Crippen molar-refractivity contribution in [2.45, 2.75) is 57.0 Å². The minimum absolute atomic E-state index is 0.0166. The fourth-order valence-electron chi connectivity index (χ4n) is 3.32. The molecule has 1 saturated heterocycles. The first-order valence-corrected chi connectivity index (χ1v) is 8.59. The first-order chi connectivity index (χ1) is 11.5. The molecule has 0 spiro atoms. The second-order valence-electron chi connectivity index (χ2n) is 6.79. The second-order valence-corrected chi connectivity index (χ2v) is 6.79. The molecule has 0 radical (unpaired) electrons. The van der Waals surface area contributed by atoms with E-state index in [0.717, 1.165) is 38.5 Å². The summed E-state index contributed by atoms with van der Waals surface area (Å²) < 4.78 is 4.96. The lowest BCUT2D eigenvalue weighted by molar-refractivity contribution is -0.152. The smallest absolute Gasteiger partial charge is 0.321 e. The topological polar surface area (TPSA) is 105 Å². The van der Waals surface area contributed by atoms with Crippen molar-refractivity contribution in [2.75, 3.05) is 13.2 Å². The molecule has 3 rings (SSSR count). The van der Waals surface area contributed by atoms with E-state index in [-0.39, 0.29) is 24.4 Å². The first kappa shape index (κ1) is 16.7. The number of hydrogen-bond donors (Lipinski definition) is 2. The highest BCUT2D eigenvalue weighted by atomic mass is 16.5. The zero-order valence-electron chi connectivity index (χ0n) is 13.6. The summed E-state index contributed by atoms with van der Waals surface area (Å²) in [5, 5.41) is 4.72. The summed E-state index contributed by atoms with van der Waals surface area (Å²) in [6, 6.07) is -0.182. The summed E-state index contributed by atoms with van der Waals surface area (Å²) in [5.74, 6) is -1.76. The molecule has 132 valence electrons. The highest BCUT2D eigenvalue weighted by Gasteiger charge is 2.39. The van der Waals surface area contributed by atoms with E-state index in [1.54, 1.807) is 4.90 Å². The van der Waals surface area contributed by atoms with Crippen molar-refractivity contribution >= 4 is 23.8 Å². The van der Waals surface area contributed by atoms with Gasteiger partial charge in [0, 0.05) is 25.0 Å². The van der Waals surface area contributed by atoms with Gasteiger partial charge in [-0.2, -0.15) is 0 Å². The number of likely N-dealkylation sites (tertiary alicyclic amines) is 1. The summed E-state index contributed by atoms with van der Waals surface area (Å²) in [5.41, 5.74) is 0. The molecule has 0 aromatic rings. The number of carbonyl (C=O) groups excluding carboxylic acids is 4. The molecule has 3 aliphatic rings. The minimum Gasteiger partial charge on any atom is -0.455 e. The van der Waals surface area contributed by atoms with Crippen LogP contribution in [-0.2, 0) is 19.1 Å². The molecule has 2 aliphatic carbocycles. The van der Waals surface area contributed by atoms with Crippen LogP contribution in [0.15, 0.2) is 0 Å². The molecule has 0 bridgehead atoms. The summed E-state index contributed by atoms with van der Waals surface area (Å²) in [6.07, 6.45) is 6.20. The number of carbonyl (C=O) groups is 4. The number of urea groups is 1. The molecule has 0 aromatic carbocycles. The summed E-state index contributed by atoms with van der Waals surface area (Å²) >= 11 is 0. The van der Waals surface area contributed by atoms with Crippen LogP contribution in [0.5, 0.6) is 0 Å². The Morgan fingerprint density at radius 3 is 2.50 bits per heavy atom. The van der Waals surface area contributed by atoms with Gasteiger partial charge in [-0.3, -0.25) is 19.7 Å². The molecule has 1 aliphatic heterocycles. The lowest BCUT2D eigenvalue weighted by Crippen LogP contribution is -2.42. The van der Waals surface area contributed by atoms with E-state index in [9.17, 15) is 19.2 Å². The van der Waals surface area contributed by atoms with E-state index in [1.807, 2.05) is 0 Å². The van der Waals surface area contributed by atoms with Crippen LogP contribution in [0.25, 0.3) is 0 Å². The van der Waals surface area contributed by atoms with Crippen molar-refractivity contribution in [3.05, 3.63) is 0 Å². The predicted octanol–water partition coefficient (Wildman–Crippen LogP) is 0.309. The van der Waals surface area contributed by atoms with Gasteiger partial charge in [-0.1, -0.05) is 12.8 Å². The third-order valence-corrected chi connectivity index (χ3v) is 4.77. The number of hydrogen-bond acceptors (Lipinski definition) is 5. The number of esters is 1. The Morgan fingerprint density at radius 1 is 1.12 bits per heavy atom. The van der Waals surface area contributed by atoms with Crippen molar-refractivity contribution in [1.82, 2.24) is 15.5 Å². The Labute approximate surface area is 140 Å². The molecule has 8 nitrogen and oxygen atoms in total. The normalized spacial score (nSPS) is 24.1. The molecule has 0 aromatic heterocycles. The summed E-state index contributed by atoms with van der Waals surface area (Å²) in [7, 11) is 0. The van der Waals surface area contributed by atoms with E-state index in [0.29, 0.717) is 6.54 Å². The zero-order chi connectivity index (χ0) is 17.1. The van der Waals surface area contributed by atoms with E-state index >= 15 is 0 Å². The Kier molecular flexibility index (Phi) is 5.01. The molecule has 3 fully saturated rings. The van der Waals surface area contributed by atoms with Gasteiger partial charge in [-0.15, -0.1) is 0 Å². The maximum atomic E-state index is 12.1. The Bertz CT molecular complexity index is 540. The molecular formula is C16H23N3O5. The minimum atomic E-state index is -0.668. The molecule has 2 saturated carbocycles. The largest absolute Gasteiger partial charge is 0.455 e. The Hall–Kier alpha value is -2.12. The SMILES string of the molecule is O=C(COC(=O)[C@H]1CC(=O)N(C2CCCC2)C1)NC(=O)NC1CC1. The highest BCUT2D eigenvalue weighted by molar-refractivity contribution is 5.96. The van der Waals surface area contributed by atoms with E-state index in [2.05, 4.69) is 10.6 Å². The zero-order valence-corrected chi connectivity index (χ0v) is 13.6. The summed E-state index contributed by atoms with van der Waals surface area (Å²) in [4.78, 5) is 48.9. The first-order valence-electron chi connectivity index (χ1n) is 8.59. The van der Waals surface area contributed by atoms with Crippen LogP contribution in [0, 0.1) is 5.92 Å². The van der Waals surface area contributed by atoms with E-state index < -0.39 is 30.4 Å². The number of nitrogens with one attached hydrogen (secondary N) is 2. The van der Waals surface area contributed by atoms with E-state index in [4.69, 9.17) is 4.74 Å². The van der Waals surface area contributed by atoms with Crippen LogP contribution >= 0.6 is 0 Å². The number of amides is 4. The summed E-state index contributed by atoms with van der Waals surface area (Å²) in [6.45, 7) is -0.142. The average molecular weight is 337 g/mol. The van der Waals surface area contributed by atoms with Crippen LogP contribution < -0.4 is 10.6 Å². The molecule has 24 heavy (non-hydrogen) atoms.